The van der Waals surface area contributed by atoms with Crippen LogP contribution in [0.3, 0.4) is 0 Å². The van der Waals surface area contributed by atoms with Gasteiger partial charge in [0.15, 0.2) is 17.5 Å². The van der Waals surface area contributed by atoms with E-state index in [9.17, 15) is 26.3 Å². The third-order valence-corrected chi connectivity index (χ3v) is 15.6. The normalized spacial score (nSPS) is 11.0. The zero-order valence-electron chi connectivity index (χ0n) is 44.6. The van der Waals surface area contributed by atoms with Crippen LogP contribution in [0, 0.1) is 56.7 Å². The van der Waals surface area contributed by atoms with Gasteiger partial charge in [0.25, 0.3) is 0 Å². The molecule has 0 amide bonds. The number of fused-ring (bicyclic) bond motifs is 6. The van der Waals surface area contributed by atoms with E-state index in [1.54, 1.807) is 24.3 Å². The number of benzene rings is 11. The van der Waals surface area contributed by atoms with Crippen LogP contribution in [0.25, 0.3) is 134 Å². The smallest absolute Gasteiger partial charge is 0.166 e. The third-order valence-electron chi connectivity index (χ3n) is 15.6. The molecular weight excluding hydrogens is 1030 g/mol. The van der Waals surface area contributed by atoms with Gasteiger partial charge in [0.1, 0.15) is 0 Å². The Morgan fingerprint density at radius 1 is 0.250 bits per heavy atom. The highest BCUT2D eigenvalue weighted by Gasteiger charge is 2.24. The van der Waals surface area contributed by atoms with Crippen LogP contribution in [-0.2, 0) is 0 Å². The number of hydrogen-bond acceptors (Lipinski definition) is 8. The first-order valence-corrected chi connectivity index (χ1v) is 27.0. The third kappa shape index (κ3) is 8.53. The molecule has 0 saturated heterocycles. The molecular formula is C74H40N10. The number of nitrogens with zero attached hydrogens (tertiary/aromatic N) is 10. The minimum Gasteiger partial charge on any atom is -0.309 e. The molecule has 3 aromatic heterocycles. The Kier molecular flexibility index (Phi) is 12.2. The van der Waals surface area contributed by atoms with Crippen molar-refractivity contribution < 1.29 is 0 Å². The number of nitriles is 5. The van der Waals surface area contributed by atoms with E-state index in [0.717, 1.165) is 116 Å². The Labute approximate surface area is 482 Å². The maximum Gasteiger partial charge on any atom is 0.166 e. The lowest BCUT2D eigenvalue weighted by Gasteiger charge is -2.19. The Morgan fingerprint density at radius 3 is 1.18 bits per heavy atom. The molecule has 0 spiro atoms. The molecule has 0 fully saturated rings. The molecule has 14 rings (SSSR count). The fourth-order valence-electron chi connectivity index (χ4n) is 11.6. The number of rotatable bonds is 9. The zero-order valence-corrected chi connectivity index (χ0v) is 44.6. The van der Waals surface area contributed by atoms with Gasteiger partial charge in [0, 0.05) is 43.8 Å². The van der Waals surface area contributed by atoms with E-state index < -0.39 is 0 Å². The Balaban J connectivity index is 1.06. The highest BCUT2D eigenvalue weighted by Crippen LogP contribution is 2.44. The molecule has 0 aliphatic carbocycles. The van der Waals surface area contributed by atoms with E-state index in [-0.39, 0.29) is 0 Å². The van der Waals surface area contributed by atoms with Crippen molar-refractivity contribution in [1.82, 2.24) is 24.1 Å². The second-order valence-electron chi connectivity index (χ2n) is 20.3. The van der Waals surface area contributed by atoms with Gasteiger partial charge in [-0.25, -0.2) is 15.0 Å². The molecule has 386 valence electrons. The van der Waals surface area contributed by atoms with Crippen molar-refractivity contribution in [2.75, 3.05) is 0 Å². The summed E-state index contributed by atoms with van der Waals surface area (Å²) in [6.07, 6.45) is 0. The summed E-state index contributed by atoms with van der Waals surface area (Å²) in [7, 11) is 0. The maximum absolute atomic E-state index is 10.3. The van der Waals surface area contributed by atoms with Gasteiger partial charge >= 0.3 is 0 Å². The fourth-order valence-corrected chi connectivity index (χ4v) is 11.6. The predicted molar refractivity (Wildman–Crippen MR) is 330 cm³/mol. The van der Waals surface area contributed by atoms with Gasteiger partial charge in [0.05, 0.1) is 91.6 Å². The van der Waals surface area contributed by atoms with Crippen LogP contribution in [0.15, 0.2) is 243 Å². The first kappa shape index (κ1) is 49.8. The van der Waals surface area contributed by atoms with Crippen molar-refractivity contribution >= 4 is 43.6 Å². The summed E-state index contributed by atoms with van der Waals surface area (Å²) < 4.78 is 4.55. The van der Waals surface area contributed by atoms with Crippen molar-refractivity contribution in [3.8, 4) is 120 Å². The lowest BCUT2D eigenvalue weighted by atomic mass is 9.94. The lowest BCUT2D eigenvalue weighted by molar-refractivity contribution is 1.06. The standard InChI is InChI=1S/C74H40N10/c75-41-46-12-11-17-51(34-46)52-24-30-68(83-66-20-9-7-18-60(66)63-38-53(25-31-69(63)83)58-28-22-47(42-76)35-56(58)44-78)62(37-52)55-27-33-71(65(40-55)74-81-72(49-13-3-1-4-14-49)80-73(82-74)50-15-5-2-6-16-50)84-67-21-10-8-19-61(67)64-39-54(26-32-70(64)84)59-29-23-48(43-77)36-57(59)45-79/h1-40H. The van der Waals surface area contributed by atoms with Crippen LogP contribution in [0.2, 0.25) is 0 Å². The molecule has 0 bridgehead atoms. The largest absolute Gasteiger partial charge is 0.309 e. The topological polar surface area (TPSA) is 167 Å². The summed E-state index contributed by atoms with van der Waals surface area (Å²) in [6, 6.07) is 91.2. The van der Waals surface area contributed by atoms with Crippen LogP contribution in [0.1, 0.15) is 27.8 Å². The molecule has 0 saturated carbocycles. The molecule has 0 N–H and O–H groups in total. The molecule has 0 aliphatic heterocycles. The van der Waals surface area contributed by atoms with Gasteiger partial charge in [0.2, 0.25) is 0 Å². The first-order valence-electron chi connectivity index (χ1n) is 27.0. The minimum atomic E-state index is 0.414. The lowest BCUT2D eigenvalue weighted by Crippen LogP contribution is -2.04. The van der Waals surface area contributed by atoms with Crippen molar-refractivity contribution in [3.63, 3.8) is 0 Å². The summed E-state index contributed by atoms with van der Waals surface area (Å²) in [5.41, 5.74) is 16.7. The van der Waals surface area contributed by atoms with E-state index in [1.807, 2.05) is 133 Å². The molecule has 0 aliphatic rings. The van der Waals surface area contributed by atoms with Crippen molar-refractivity contribution in [1.29, 1.82) is 26.3 Å². The molecule has 10 nitrogen and oxygen atoms in total. The predicted octanol–water partition coefficient (Wildman–Crippen LogP) is 17.1. The SMILES string of the molecule is N#Cc1cccc(-c2ccc(-n3c4ccccc4c4cc(-c5ccc(C#N)cc5C#N)ccc43)c(-c3ccc(-n4c5ccccc5c5cc(-c6ccc(C#N)cc6C#N)ccc54)c(-c4nc(-c5ccccc5)nc(-c5ccccc5)n4)c3)c2)c1. The molecule has 0 atom stereocenters. The molecule has 10 heteroatoms. The van der Waals surface area contributed by atoms with Crippen LogP contribution >= 0.6 is 0 Å². The molecule has 0 unspecified atom stereocenters. The van der Waals surface area contributed by atoms with Crippen molar-refractivity contribution in [3.05, 3.63) is 270 Å². The van der Waals surface area contributed by atoms with Crippen LogP contribution in [0.4, 0.5) is 0 Å². The van der Waals surface area contributed by atoms with E-state index >= 15 is 0 Å². The number of para-hydroxylation sites is 2. The molecule has 11 aromatic carbocycles. The summed E-state index contributed by atoms with van der Waals surface area (Å²) in [5.74, 6) is 1.46. The fraction of sp³-hybridized carbons (Fsp3) is 0. The molecule has 14 aromatic rings. The van der Waals surface area contributed by atoms with Gasteiger partial charge < -0.3 is 9.13 Å². The summed E-state index contributed by atoms with van der Waals surface area (Å²) in [5, 5.41) is 54.0. The Hall–Kier alpha value is -12.5. The molecule has 3 heterocycles. The van der Waals surface area contributed by atoms with Crippen LogP contribution < -0.4 is 0 Å². The molecule has 0 radical (unpaired) electrons. The zero-order chi connectivity index (χ0) is 56.8. The van der Waals surface area contributed by atoms with Crippen LogP contribution in [0.5, 0.6) is 0 Å². The highest BCUT2D eigenvalue weighted by atomic mass is 15.1. The van der Waals surface area contributed by atoms with Crippen molar-refractivity contribution in [2.45, 2.75) is 0 Å². The average molecular weight is 1070 g/mol. The first-order chi connectivity index (χ1) is 41.4. The minimum absolute atomic E-state index is 0.414. The van der Waals surface area contributed by atoms with Crippen molar-refractivity contribution in [2.24, 2.45) is 0 Å². The molecule has 84 heavy (non-hydrogen) atoms. The van der Waals surface area contributed by atoms with Gasteiger partial charge in [-0.05, 0) is 136 Å². The summed E-state index contributed by atoms with van der Waals surface area (Å²) in [6.45, 7) is 0. The summed E-state index contributed by atoms with van der Waals surface area (Å²) >= 11 is 0. The average Bonchev–Trinajstić information content (AvgIpc) is 3.01. The second-order valence-corrected chi connectivity index (χ2v) is 20.3. The van der Waals surface area contributed by atoms with Gasteiger partial charge in [-0.3, -0.25) is 0 Å². The van der Waals surface area contributed by atoms with Gasteiger partial charge in [-0.1, -0.05) is 146 Å². The summed E-state index contributed by atoms with van der Waals surface area (Å²) in [4.78, 5) is 15.9. The number of aromatic nitrogens is 5. The number of hydrogen-bond donors (Lipinski definition) is 0. The monoisotopic (exact) mass is 1070 g/mol. The Bertz CT molecular complexity index is 5210. The van der Waals surface area contributed by atoms with Crippen LogP contribution in [-0.4, -0.2) is 24.1 Å². The van der Waals surface area contributed by atoms with E-state index in [4.69, 9.17) is 15.0 Å². The van der Waals surface area contributed by atoms with E-state index in [2.05, 4.69) is 124 Å². The van der Waals surface area contributed by atoms with Gasteiger partial charge in [-0.2, -0.15) is 26.3 Å². The maximum atomic E-state index is 10.3. The van der Waals surface area contributed by atoms with E-state index in [1.165, 1.54) is 0 Å². The quantitative estimate of drug-likeness (QED) is 0.138. The second kappa shape index (κ2) is 20.6. The van der Waals surface area contributed by atoms with E-state index in [0.29, 0.717) is 45.3 Å². The Morgan fingerprint density at radius 2 is 0.655 bits per heavy atom. The highest BCUT2D eigenvalue weighted by molar-refractivity contribution is 6.13. The van der Waals surface area contributed by atoms with Gasteiger partial charge in [-0.15, -0.1) is 0 Å².